The molecule has 0 radical (unpaired) electrons. The van der Waals surface area contributed by atoms with Gasteiger partial charge in [0.25, 0.3) is 11.1 Å². The molecule has 0 amide bonds. The Labute approximate surface area is 182 Å². The number of para-hydroxylation sites is 3. The first-order valence-electron chi connectivity index (χ1n) is 10.00. The van der Waals surface area contributed by atoms with E-state index in [0.717, 1.165) is 43.4 Å². The normalized spacial score (nSPS) is 16.0. The number of rotatable bonds is 3. The van der Waals surface area contributed by atoms with Crippen molar-refractivity contribution in [3.63, 3.8) is 0 Å². The van der Waals surface area contributed by atoms with Crippen molar-refractivity contribution < 1.29 is 8.98 Å². The van der Waals surface area contributed by atoms with E-state index in [0.29, 0.717) is 6.54 Å². The molecule has 1 aliphatic heterocycles. The molecule has 0 fully saturated rings. The number of thiazole rings is 1. The number of thioether (sulfide) groups is 1. The van der Waals surface area contributed by atoms with Crippen LogP contribution in [0.15, 0.2) is 62.6 Å². The van der Waals surface area contributed by atoms with Gasteiger partial charge in [-0.2, -0.15) is 4.57 Å². The summed E-state index contributed by atoms with van der Waals surface area (Å²) in [6, 6.07) is 16.3. The largest absolute Gasteiger partial charge is 0.398 e. The van der Waals surface area contributed by atoms with E-state index < -0.39 is 0 Å². The summed E-state index contributed by atoms with van der Waals surface area (Å²) in [5.41, 5.74) is 3.10. The molecule has 3 heterocycles. The molecule has 30 heavy (non-hydrogen) atoms. The summed E-state index contributed by atoms with van der Waals surface area (Å²) in [6.07, 6.45) is 2.00. The minimum Gasteiger partial charge on any atom is -0.398 e. The van der Waals surface area contributed by atoms with Crippen LogP contribution in [0, 0.1) is 0 Å². The van der Waals surface area contributed by atoms with E-state index in [-0.39, 0.29) is 5.56 Å². The summed E-state index contributed by atoms with van der Waals surface area (Å²) in [6.45, 7) is 5.51. The van der Waals surface area contributed by atoms with Gasteiger partial charge in [0.2, 0.25) is 5.58 Å². The molecule has 5 nitrogen and oxygen atoms in total. The van der Waals surface area contributed by atoms with E-state index in [9.17, 15) is 4.79 Å². The molecule has 0 unspecified atom stereocenters. The lowest BCUT2D eigenvalue weighted by atomic mass is 10.3. The van der Waals surface area contributed by atoms with E-state index in [1.54, 1.807) is 11.8 Å². The predicted octanol–water partition coefficient (Wildman–Crippen LogP) is 3.12. The van der Waals surface area contributed by atoms with Crippen LogP contribution in [0.4, 0.5) is 5.69 Å². The average Bonchev–Trinajstić information content (AvgIpc) is 3.39. The van der Waals surface area contributed by atoms with Crippen molar-refractivity contribution in [1.82, 2.24) is 4.57 Å². The van der Waals surface area contributed by atoms with Gasteiger partial charge in [-0.15, -0.1) is 11.3 Å². The van der Waals surface area contributed by atoms with Crippen molar-refractivity contribution in [1.29, 1.82) is 0 Å². The van der Waals surface area contributed by atoms with E-state index in [1.807, 2.05) is 54.9 Å². The Morgan fingerprint density at radius 2 is 1.87 bits per heavy atom. The van der Waals surface area contributed by atoms with Gasteiger partial charge >= 0.3 is 5.89 Å². The number of oxazole rings is 1. The molecule has 2 aromatic heterocycles. The zero-order chi connectivity index (χ0) is 20.8. The van der Waals surface area contributed by atoms with Gasteiger partial charge in [-0.25, -0.2) is 0 Å². The van der Waals surface area contributed by atoms with Crippen molar-refractivity contribution in [2.45, 2.75) is 31.8 Å². The third-order valence-corrected chi connectivity index (χ3v) is 7.85. The summed E-state index contributed by atoms with van der Waals surface area (Å²) in [5.74, 6) is 0.759. The van der Waals surface area contributed by atoms with Crippen molar-refractivity contribution in [3.8, 4) is 0 Å². The number of aryl methyl sites for hydroxylation is 1. The predicted molar refractivity (Wildman–Crippen MR) is 123 cm³/mol. The maximum atomic E-state index is 13.3. The van der Waals surface area contributed by atoms with Crippen LogP contribution in [0.5, 0.6) is 0 Å². The molecule has 5 rings (SSSR count). The van der Waals surface area contributed by atoms with Crippen LogP contribution in [-0.2, 0) is 13.1 Å². The highest BCUT2D eigenvalue weighted by Crippen LogP contribution is 2.44. The standard InChI is InChI=1S/C23H22N3O2S2/c1-4-25-15-10-6-8-12-17(15)28-19(25)14-20-26(5-2)22(27)21(30-20)23-24(3)16-11-7-9-13-18(16)29-23/h6-14H,4-5H2,1-3H3/q+1/b23-21-. The van der Waals surface area contributed by atoms with Crippen molar-refractivity contribution in [2.75, 3.05) is 11.9 Å². The third-order valence-electron chi connectivity index (χ3n) is 5.36. The number of hydrogen-bond acceptors (Lipinski definition) is 5. The van der Waals surface area contributed by atoms with Crippen molar-refractivity contribution >= 4 is 51.0 Å². The first-order valence-corrected chi connectivity index (χ1v) is 11.6. The third kappa shape index (κ3) is 2.92. The zero-order valence-electron chi connectivity index (χ0n) is 17.1. The topological polar surface area (TPSA) is 42.3 Å². The van der Waals surface area contributed by atoms with Crippen molar-refractivity contribution in [3.05, 3.63) is 74.0 Å². The molecule has 0 saturated carbocycles. The number of hydrogen-bond donors (Lipinski definition) is 0. The molecule has 1 aliphatic rings. The molecule has 152 valence electrons. The first-order chi connectivity index (χ1) is 14.6. The second-order valence-electron chi connectivity index (χ2n) is 7.05. The number of nitrogens with zero attached hydrogens (tertiary/aromatic N) is 3. The highest BCUT2D eigenvalue weighted by molar-refractivity contribution is 8.08. The van der Waals surface area contributed by atoms with Gasteiger partial charge in [0, 0.05) is 24.6 Å². The van der Waals surface area contributed by atoms with Crippen molar-refractivity contribution in [2.24, 2.45) is 0 Å². The molecule has 0 aliphatic carbocycles. The molecule has 0 atom stereocenters. The van der Waals surface area contributed by atoms with Gasteiger partial charge in [0.05, 0.1) is 11.8 Å². The fourth-order valence-electron chi connectivity index (χ4n) is 3.86. The summed E-state index contributed by atoms with van der Waals surface area (Å²) in [5, 5.41) is 0.987. The Bertz CT molecular complexity index is 1450. The maximum absolute atomic E-state index is 13.3. The molecule has 0 bridgehead atoms. The lowest BCUT2D eigenvalue weighted by Gasteiger charge is -2.11. The zero-order valence-corrected chi connectivity index (χ0v) is 18.7. The quantitative estimate of drug-likeness (QED) is 0.463. The SMILES string of the molecule is CCn1c(=O)/c(=C2/Sc3ccccc3N2C)s/c1=C/c1oc2ccccc2[n+]1CC. The minimum absolute atomic E-state index is 0.0510. The Kier molecular flexibility index (Phi) is 4.79. The fraction of sp³-hybridized carbons (Fsp3) is 0.217. The molecule has 0 spiro atoms. The Morgan fingerprint density at radius 3 is 2.63 bits per heavy atom. The second kappa shape index (κ2) is 7.49. The van der Waals surface area contributed by atoms with Gasteiger partial charge in [0.1, 0.15) is 20.8 Å². The average molecular weight is 437 g/mol. The summed E-state index contributed by atoms with van der Waals surface area (Å²) in [4.78, 5) is 16.6. The number of benzene rings is 2. The summed E-state index contributed by atoms with van der Waals surface area (Å²) in [7, 11) is 2.03. The molecule has 0 N–H and O–H groups in total. The van der Waals surface area contributed by atoms with Crippen LogP contribution in [-0.4, -0.2) is 11.6 Å². The minimum atomic E-state index is 0.0510. The lowest BCUT2D eigenvalue weighted by Crippen LogP contribution is -2.36. The number of anilines is 1. The monoisotopic (exact) mass is 436 g/mol. The van der Waals surface area contributed by atoms with Gasteiger partial charge in [-0.3, -0.25) is 9.36 Å². The van der Waals surface area contributed by atoms with Crippen LogP contribution in [0.25, 0.3) is 22.2 Å². The highest BCUT2D eigenvalue weighted by atomic mass is 32.2. The van der Waals surface area contributed by atoms with E-state index in [4.69, 9.17) is 4.42 Å². The highest BCUT2D eigenvalue weighted by Gasteiger charge is 2.25. The molecule has 0 saturated heterocycles. The molecular weight excluding hydrogens is 414 g/mol. The van der Waals surface area contributed by atoms with Gasteiger partial charge in [-0.1, -0.05) is 36.0 Å². The van der Waals surface area contributed by atoms with Crippen LogP contribution in [0.2, 0.25) is 0 Å². The lowest BCUT2D eigenvalue weighted by molar-refractivity contribution is -0.674. The van der Waals surface area contributed by atoms with Crippen LogP contribution in [0.3, 0.4) is 0 Å². The maximum Gasteiger partial charge on any atom is 0.377 e. The van der Waals surface area contributed by atoms with Crippen LogP contribution in [0.1, 0.15) is 19.7 Å². The summed E-state index contributed by atoms with van der Waals surface area (Å²) < 4.78 is 11.8. The van der Waals surface area contributed by atoms with E-state index >= 15 is 0 Å². The fourth-order valence-corrected chi connectivity index (χ4v) is 6.30. The van der Waals surface area contributed by atoms with E-state index in [1.165, 1.54) is 16.2 Å². The molecule has 2 aromatic carbocycles. The van der Waals surface area contributed by atoms with Gasteiger partial charge < -0.3 is 9.32 Å². The molecule has 7 heteroatoms. The number of aromatic nitrogens is 2. The molecular formula is C23H22N3O2S2+. The van der Waals surface area contributed by atoms with Gasteiger partial charge in [-0.05, 0) is 32.0 Å². The summed E-state index contributed by atoms with van der Waals surface area (Å²) >= 11 is 3.19. The Balaban J connectivity index is 1.74. The van der Waals surface area contributed by atoms with Gasteiger partial charge in [0.15, 0.2) is 0 Å². The smallest absolute Gasteiger partial charge is 0.377 e. The van der Waals surface area contributed by atoms with Crippen LogP contribution < -0.4 is 24.2 Å². The Morgan fingerprint density at radius 1 is 1.10 bits per heavy atom. The Hall–Kier alpha value is -2.77. The van der Waals surface area contributed by atoms with E-state index in [2.05, 4.69) is 34.6 Å². The van der Waals surface area contributed by atoms with Crippen LogP contribution >= 0.6 is 23.1 Å². The molecule has 4 aromatic rings. The second-order valence-corrected chi connectivity index (χ2v) is 9.11. The first kappa shape index (κ1) is 19.2. The number of fused-ring (bicyclic) bond motifs is 2.